The van der Waals surface area contributed by atoms with E-state index in [4.69, 9.17) is 18.9 Å². The fraction of sp³-hybridized carbons (Fsp3) is 0.350. The summed E-state index contributed by atoms with van der Waals surface area (Å²) in [5, 5.41) is 0. The van der Waals surface area contributed by atoms with Crippen LogP contribution in [-0.2, 0) is 37.0 Å². The molecular weight excluding hydrogens is 320 g/mol. The van der Waals surface area contributed by atoms with Crippen LogP contribution in [0.25, 0.3) is 0 Å². The third-order valence-electron chi connectivity index (χ3n) is 4.45. The molecule has 5 heteroatoms. The number of fused-ring (bicyclic) bond motifs is 2. The van der Waals surface area contributed by atoms with Crippen molar-refractivity contribution < 1.29 is 23.7 Å². The van der Waals surface area contributed by atoms with Crippen LogP contribution in [0.3, 0.4) is 0 Å². The lowest BCUT2D eigenvalue weighted by molar-refractivity contribution is -0.201. The smallest absolute Gasteiger partial charge is 0.221 e. The van der Waals surface area contributed by atoms with E-state index < -0.39 is 18.5 Å². The van der Waals surface area contributed by atoms with Crippen LogP contribution >= 0.6 is 0 Å². The lowest BCUT2D eigenvalue weighted by atomic mass is 10.0. The van der Waals surface area contributed by atoms with Gasteiger partial charge in [-0.15, -0.1) is 0 Å². The average molecular weight is 340 g/mol. The Labute approximate surface area is 146 Å². The molecule has 2 bridgehead atoms. The van der Waals surface area contributed by atoms with Gasteiger partial charge in [0.25, 0.3) is 0 Å². The molecule has 2 aromatic carbocycles. The van der Waals surface area contributed by atoms with Crippen LogP contribution in [0.4, 0.5) is 0 Å². The standard InChI is InChI=1S/C20H20O5/c21-17-19(23-12-15-9-5-2-6-10-15)18(16-13-24-20(17)25-16)22-11-14-7-3-1-4-8-14/h1-10,16,18-20H,11-13H2/t16-,18-,19-,20-/m1/s1. The number of Topliss-reactive ketones (excluding diaryl/α,β-unsaturated/α-hetero) is 1. The van der Waals surface area contributed by atoms with Gasteiger partial charge in [0.2, 0.25) is 12.1 Å². The van der Waals surface area contributed by atoms with Crippen LogP contribution < -0.4 is 0 Å². The Morgan fingerprint density at radius 2 is 1.48 bits per heavy atom. The predicted molar refractivity (Wildman–Crippen MR) is 89.7 cm³/mol. The van der Waals surface area contributed by atoms with Gasteiger partial charge in [0.05, 0.1) is 19.8 Å². The van der Waals surface area contributed by atoms with Crippen molar-refractivity contribution in [1.29, 1.82) is 0 Å². The molecule has 0 amide bonds. The Morgan fingerprint density at radius 1 is 0.880 bits per heavy atom. The molecule has 2 saturated heterocycles. The van der Waals surface area contributed by atoms with Crippen molar-refractivity contribution in [2.75, 3.05) is 6.61 Å². The average Bonchev–Trinajstić information content (AvgIpc) is 3.11. The molecule has 0 unspecified atom stereocenters. The molecule has 2 aromatic rings. The molecule has 2 aliphatic heterocycles. The first kappa shape index (κ1) is 16.4. The van der Waals surface area contributed by atoms with Crippen LogP contribution in [0.15, 0.2) is 60.7 Å². The Morgan fingerprint density at radius 3 is 2.12 bits per heavy atom. The minimum absolute atomic E-state index is 0.206. The van der Waals surface area contributed by atoms with Gasteiger partial charge in [-0.1, -0.05) is 60.7 Å². The molecule has 5 nitrogen and oxygen atoms in total. The SMILES string of the molecule is O=C1[C@@H]2OC[C@@H](O2)[C@@H](OCc2ccccc2)[C@@H]1OCc1ccccc1. The predicted octanol–water partition coefficient (Wildman–Crippen LogP) is 2.48. The first-order chi connectivity index (χ1) is 12.3. The lowest BCUT2D eigenvalue weighted by Crippen LogP contribution is -2.53. The van der Waals surface area contributed by atoms with Gasteiger partial charge >= 0.3 is 0 Å². The molecule has 0 aromatic heterocycles. The zero-order valence-electron chi connectivity index (χ0n) is 13.7. The van der Waals surface area contributed by atoms with E-state index in [0.717, 1.165) is 11.1 Å². The van der Waals surface area contributed by atoms with Crippen molar-refractivity contribution in [3.8, 4) is 0 Å². The quantitative estimate of drug-likeness (QED) is 0.809. The van der Waals surface area contributed by atoms with E-state index in [0.29, 0.717) is 19.8 Å². The van der Waals surface area contributed by atoms with Crippen LogP contribution in [0.2, 0.25) is 0 Å². The number of ketones is 1. The van der Waals surface area contributed by atoms with Gasteiger partial charge in [0, 0.05) is 0 Å². The number of hydrogen-bond acceptors (Lipinski definition) is 5. The van der Waals surface area contributed by atoms with Gasteiger partial charge in [0.15, 0.2) is 6.10 Å². The molecule has 130 valence electrons. The van der Waals surface area contributed by atoms with Crippen molar-refractivity contribution in [1.82, 2.24) is 0 Å². The summed E-state index contributed by atoms with van der Waals surface area (Å²) in [6.07, 6.45) is -2.28. The Kier molecular flexibility index (Phi) is 4.90. The molecule has 0 aliphatic carbocycles. The lowest BCUT2D eigenvalue weighted by Gasteiger charge is -2.33. The van der Waals surface area contributed by atoms with Gasteiger partial charge in [0.1, 0.15) is 12.2 Å². The molecule has 4 atom stereocenters. The second kappa shape index (κ2) is 7.45. The summed E-state index contributed by atoms with van der Waals surface area (Å²) in [6.45, 7) is 1.09. The summed E-state index contributed by atoms with van der Waals surface area (Å²) in [4.78, 5) is 12.6. The number of carbonyl (C=O) groups excluding carboxylic acids is 1. The Hall–Kier alpha value is -2.05. The van der Waals surface area contributed by atoms with Crippen LogP contribution in [0.1, 0.15) is 11.1 Å². The van der Waals surface area contributed by atoms with E-state index in [1.54, 1.807) is 0 Å². The van der Waals surface area contributed by atoms with E-state index in [9.17, 15) is 4.79 Å². The molecule has 2 heterocycles. The highest BCUT2D eigenvalue weighted by atomic mass is 16.7. The molecule has 25 heavy (non-hydrogen) atoms. The molecule has 0 spiro atoms. The molecular formula is C20H20O5. The van der Waals surface area contributed by atoms with Gasteiger partial charge in [-0.2, -0.15) is 0 Å². The summed E-state index contributed by atoms with van der Waals surface area (Å²) in [6, 6.07) is 19.6. The zero-order chi connectivity index (χ0) is 17.1. The second-order valence-electron chi connectivity index (χ2n) is 6.22. The van der Waals surface area contributed by atoms with Crippen molar-refractivity contribution >= 4 is 5.78 Å². The summed E-state index contributed by atoms with van der Waals surface area (Å²) in [5.41, 5.74) is 2.05. The van der Waals surface area contributed by atoms with Gasteiger partial charge in [-0.05, 0) is 11.1 Å². The number of rotatable bonds is 6. The fourth-order valence-electron chi connectivity index (χ4n) is 3.13. The van der Waals surface area contributed by atoms with Crippen molar-refractivity contribution in [3.63, 3.8) is 0 Å². The topological polar surface area (TPSA) is 54.0 Å². The van der Waals surface area contributed by atoms with Gasteiger partial charge < -0.3 is 18.9 Å². The molecule has 4 rings (SSSR count). The Balaban J connectivity index is 1.46. The largest absolute Gasteiger partial charge is 0.368 e. The molecule has 2 fully saturated rings. The van der Waals surface area contributed by atoms with Gasteiger partial charge in [-0.3, -0.25) is 4.79 Å². The number of hydrogen-bond donors (Lipinski definition) is 0. The van der Waals surface area contributed by atoms with Crippen molar-refractivity contribution in [2.24, 2.45) is 0 Å². The fourth-order valence-corrected chi connectivity index (χ4v) is 3.13. The second-order valence-corrected chi connectivity index (χ2v) is 6.22. The summed E-state index contributed by atoms with van der Waals surface area (Å²) in [7, 11) is 0. The van der Waals surface area contributed by atoms with Crippen molar-refractivity contribution in [2.45, 2.75) is 37.8 Å². The minimum Gasteiger partial charge on any atom is -0.368 e. The molecule has 0 N–H and O–H groups in total. The number of ether oxygens (including phenoxy) is 4. The third kappa shape index (κ3) is 3.65. The number of carbonyl (C=O) groups is 1. The summed E-state index contributed by atoms with van der Waals surface area (Å²) < 4.78 is 23.0. The normalized spacial score (nSPS) is 28.2. The maximum absolute atomic E-state index is 12.6. The zero-order valence-corrected chi connectivity index (χ0v) is 13.7. The Bertz CT molecular complexity index is 703. The van der Waals surface area contributed by atoms with Gasteiger partial charge in [-0.25, -0.2) is 0 Å². The molecule has 2 aliphatic rings. The first-order valence-electron chi connectivity index (χ1n) is 8.43. The van der Waals surface area contributed by atoms with E-state index in [-0.39, 0.29) is 11.9 Å². The van der Waals surface area contributed by atoms with Crippen LogP contribution in [0.5, 0.6) is 0 Å². The van der Waals surface area contributed by atoms with E-state index in [2.05, 4.69) is 0 Å². The maximum atomic E-state index is 12.6. The number of benzene rings is 2. The summed E-state index contributed by atoms with van der Waals surface area (Å²) in [5.74, 6) is -0.206. The minimum atomic E-state index is -0.831. The highest BCUT2D eigenvalue weighted by Crippen LogP contribution is 2.30. The first-order valence-corrected chi connectivity index (χ1v) is 8.43. The van der Waals surface area contributed by atoms with Crippen LogP contribution in [-0.4, -0.2) is 37.0 Å². The third-order valence-corrected chi connectivity index (χ3v) is 4.45. The maximum Gasteiger partial charge on any atom is 0.221 e. The van der Waals surface area contributed by atoms with E-state index in [1.807, 2.05) is 60.7 Å². The monoisotopic (exact) mass is 340 g/mol. The van der Waals surface area contributed by atoms with E-state index >= 15 is 0 Å². The molecule has 0 radical (unpaired) electrons. The highest BCUT2D eigenvalue weighted by molar-refractivity contribution is 5.88. The van der Waals surface area contributed by atoms with E-state index in [1.165, 1.54) is 0 Å². The highest BCUT2D eigenvalue weighted by Gasteiger charge is 2.51. The summed E-state index contributed by atoms with van der Waals surface area (Å²) >= 11 is 0. The van der Waals surface area contributed by atoms with Crippen molar-refractivity contribution in [3.05, 3.63) is 71.8 Å². The molecule has 0 saturated carbocycles. The van der Waals surface area contributed by atoms with Crippen LogP contribution in [0, 0.1) is 0 Å².